The largest absolute Gasteiger partial charge is 0.497 e. The lowest BCUT2D eigenvalue weighted by Gasteiger charge is -2.18. The summed E-state index contributed by atoms with van der Waals surface area (Å²) in [5, 5.41) is 4.62. The van der Waals surface area contributed by atoms with Crippen molar-refractivity contribution < 1.29 is 9.53 Å². The van der Waals surface area contributed by atoms with Gasteiger partial charge in [0.25, 0.3) is 5.91 Å². The van der Waals surface area contributed by atoms with Gasteiger partial charge in [-0.15, -0.1) is 0 Å². The van der Waals surface area contributed by atoms with E-state index in [1.54, 1.807) is 14.0 Å². The third kappa shape index (κ3) is 1.79. The average molecular weight is 269 g/mol. The summed E-state index contributed by atoms with van der Waals surface area (Å²) in [5.41, 5.74) is 5.44. The fourth-order valence-electron chi connectivity index (χ4n) is 2.41. The van der Waals surface area contributed by atoms with Crippen molar-refractivity contribution in [3.63, 3.8) is 0 Å². The molecule has 2 aromatic carbocycles. The molecule has 5 nitrogen and oxygen atoms in total. The molecule has 1 aliphatic heterocycles. The molecule has 3 N–H and O–H groups in total. The van der Waals surface area contributed by atoms with Gasteiger partial charge in [0.2, 0.25) is 0 Å². The van der Waals surface area contributed by atoms with Crippen LogP contribution in [0.1, 0.15) is 12.5 Å². The minimum atomic E-state index is -0.960. The fraction of sp³-hybridized carbons (Fsp3) is 0.200. The molecule has 3 rings (SSSR count). The van der Waals surface area contributed by atoms with Crippen molar-refractivity contribution in [2.24, 2.45) is 10.7 Å². The number of guanidine groups is 1. The van der Waals surface area contributed by atoms with Crippen molar-refractivity contribution in [2.75, 3.05) is 7.11 Å². The molecule has 0 aliphatic carbocycles. The minimum Gasteiger partial charge on any atom is -0.497 e. The van der Waals surface area contributed by atoms with Gasteiger partial charge in [-0.05, 0) is 41.5 Å². The van der Waals surface area contributed by atoms with E-state index in [1.807, 2.05) is 36.4 Å². The Labute approximate surface area is 116 Å². The highest BCUT2D eigenvalue weighted by molar-refractivity contribution is 6.07. The summed E-state index contributed by atoms with van der Waals surface area (Å²) < 4.78 is 5.20. The second-order valence-corrected chi connectivity index (χ2v) is 4.95. The average Bonchev–Trinajstić information content (AvgIpc) is 2.71. The number of rotatable bonds is 2. The van der Waals surface area contributed by atoms with Crippen LogP contribution in [0.2, 0.25) is 0 Å². The maximum absolute atomic E-state index is 12.0. The van der Waals surface area contributed by atoms with Crippen LogP contribution in [0.4, 0.5) is 0 Å². The maximum Gasteiger partial charge on any atom is 0.259 e. The number of methoxy groups -OCH3 is 1. The highest BCUT2D eigenvalue weighted by Crippen LogP contribution is 2.31. The molecule has 0 spiro atoms. The van der Waals surface area contributed by atoms with Crippen LogP contribution in [0, 0.1) is 0 Å². The zero-order valence-electron chi connectivity index (χ0n) is 11.3. The zero-order chi connectivity index (χ0) is 14.3. The van der Waals surface area contributed by atoms with Gasteiger partial charge in [-0.3, -0.25) is 10.1 Å². The fourth-order valence-corrected chi connectivity index (χ4v) is 2.41. The second kappa shape index (κ2) is 4.23. The first-order chi connectivity index (χ1) is 9.53. The van der Waals surface area contributed by atoms with Crippen LogP contribution >= 0.6 is 0 Å². The van der Waals surface area contributed by atoms with Crippen LogP contribution in [0.3, 0.4) is 0 Å². The Bertz CT molecular complexity index is 739. The molecule has 1 heterocycles. The number of hydrogen-bond donors (Lipinski definition) is 2. The van der Waals surface area contributed by atoms with Gasteiger partial charge in [0.1, 0.15) is 5.75 Å². The van der Waals surface area contributed by atoms with Crippen LogP contribution in [0.15, 0.2) is 41.4 Å². The summed E-state index contributed by atoms with van der Waals surface area (Å²) in [7, 11) is 1.64. The van der Waals surface area contributed by atoms with E-state index < -0.39 is 5.54 Å². The molecule has 102 valence electrons. The molecule has 0 fully saturated rings. The first-order valence-corrected chi connectivity index (χ1v) is 6.28. The number of ether oxygens (including phenoxy) is 1. The van der Waals surface area contributed by atoms with Crippen LogP contribution in [-0.2, 0) is 10.3 Å². The van der Waals surface area contributed by atoms with E-state index >= 15 is 0 Å². The lowest BCUT2D eigenvalue weighted by atomic mass is 9.90. The van der Waals surface area contributed by atoms with Gasteiger partial charge in [0, 0.05) is 0 Å². The van der Waals surface area contributed by atoms with Crippen LogP contribution in [-0.4, -0.2) is 19.0 Å². The van der Waals surface area contributed by atoms with Crippen molar-refractivity contribution in [3.05, 3.63) is 42.0 Å². The summed E-state index contributed by atoms with van der Waals surface area (Å²) >= 11 is 0. The highest BCUT2D eigenvalue weighted by atomic mass is 16.5. The predicted octanol–water partition coefficient (Wildman–Crippen LogP) is 1.51. The third-order valence-corrected chi connectivity index (χ3v) is 3.64. The standard InChI is InChI=1S/C15H15N3O2/c1-15(13(19)17-14(16)18-15)11-5-3-10-8-12(20-2)6-4-9(10)7-11/h3-8H,1-2H3,(H3,16,17,18,19). The predicted molar refractivity (Wildman–Crippen MR) is 77.6 cm³/mol. The first-order valence-electron chi connectivity index (χ1n) is 6.28. The van der Waals surface area contributed by atoms with Crippen molar-refractivity contribution >= 4 is 22.6 Å². The number of carbonyl (C=O) groups is 1. The molecule has 2 aromatic rings. The van der Waals surface area contributed by atoms with Crippen molar-refractivity contribution in [1.29, 1.82) is 0 Å². The topological polar surface area (TPSA) is 76.7 Å². The Morgan fingerprint density at radius 2 is 1.90 bits per heavy atom. The smallest absolute Gasteiger partial charge is 0.259 e. The Hall–Kier alpha value is -2.56. The molecule has 5 heteroatoms. The minimum absolute atomic E-state index is 0.160. The Kier molecular flexibility index (Phi) is 2.64. The monoisotopic (exact) mass is 269 g/mol. The molecule has 0 saturated heterocycles. The van der Waals surface area contributed by atoms with Gasteiger partial charge in [0.05, 0.1) is 7.11 Å². The van der Waals surface area contributed by atoms with Crippen LogP contribution in [0.25, 0.3) is 10.8 Å². The first kappa shape index (κ1) is 12.5. The Morgan fingerprint density at radius 3 is 2.55 bits per heavy atom. The maximum atomic E-state index is 12.0. The van der Waals surface area contributed by atoms with E-state index in [1.165, 1.54) is 0 Å². The van der Waals surface area contributed by atoms with E-state index in [9.17, 15) is 4.79 Å². The van der Waals surface area contributed by atoms with Crippen molar-refractivity contribution in [3.8, 4) is 5.75 Å². The van der Waals surface area contributed by atoms with Gasteiger partial charge in [-0.25, -0.2) is 4.99 Å². The summed E-state index contributed by atoms with van der Waals surface area (Å²) in [6.07, 6.45) is 0. The molecular weight excluding hydrogens is 254 g/mol. The molecule has 1 aliphatic rings. The molecule has 1 unspecified atom stereocenters. The number of benzene rings is 2. The van der Waals surface area contributed by atoms with Gasteiger partial charge >= 0.3 is 0 Å². The summed E-state index contributed by atoms with van der Waals surface area (Å²) in [4.78, 5) is 16.2. The number of nitrogens with two attached hydrogens (primary N) is 1. The van der Waals surface area contributed by atoms with E-state index in [4.69, 9.17) is 10.5 Å². The quantitative estimate of drug-likeness (QED) is 0.867. The molecular formula is C15H15N3O2. The Morgan fingerprint density at radius 1 is 1.20 bits per heavy atom. The van der Waals surface area contributed by atoms with Crippen molar-refractivity contribution in [1.82, 2.24) is 5.32 Å². The molecule has 0 bridgehead atoms. The molecule has 0 aromatic heterocycles. The van der Waals surface area contributed by atoms with Gasteiger partial charge in [0.15, 0.2) is 11.5 Å². The highest BCUT2D eigenvalue weighted by Gasteiger charge is 2.40. The SMILES string of the molecule is COc1ccc2cc(C3(C)N=C(N)NC3=O)ccc2c1. The molecule has 20 heavy (non-hydrogen) atoms. The summed E-state index contributed by atoms with van der Waals surface area (Å²) in [6, 6.07) is 11.6. The summed E-state index contributed by atoms with van der Waals surface area (Å²) in [5.74, 6) is 0.757. The van der Waals surface area contributed by atoms with Gasteiger partial charge in [-0.2, -0.15) is 0 Å². The van der Waals surface area contributed by atoms with E-state index in [0.717, 1.165) is 22.1 Å². The van der Waals surface area contributed by atoms with Gasteiger partial charge < -0.3 is 10.5 Å². The lowest BCUT2D eigenvalue weighted by molar-refractivity contribution is -0.123. The number of aliphatic imine (C=N–C) groups is 1. The lowest BCUT2D eigenvalue weighted by Crippen LogP contribution is -2.37. The molecule has 0 saturated carbocycles. The van der Waals surface area contributed by atoms with E-state index in [0.29, 0.717) is 0 Å². The summed E-state index contributed by atoms with van der Waals surface area (Å²) in [6.45, 7) is 1.76. The van der Waals surface area contributed by atoms with Crippen molar-refractivity contribution in [2.45, 2.75) is 12.5 Å². The van der Waals surface area contributed by atoms with E-state index in [-0.39, 0.29) is 11.9 Å². The van der Waals surface area contributed by atoms with Crippen LogP contribution in [0.5, 0.6) is 5.75 Å². The number of nitrogens with zero attached hydrogens (tertiary/aromatic N) is 1. The molecule has 1 atom stereocenters. The number of nitrogens with one attached hydrogen (secondary N) is 1. The zero-order valence-corrected chi connectivity index (χ0v) is 11.3. The van der Waals surface area contributed by atoms with E-state index in [2.05, 4.69) is 10.3 Å². The Balaban J connectivity index is 2.12. The van der Waals surface area contributed by atoms with Crippen LogP contribution < -0.4 is 15.8 Å². The molecule has 0 radical (unpaired) electrons. The number of hydrogen-bond acceptors (Lipinski definition) is 4. The normalized spacial score (nSPS) is 21.7. The number of amides is 1. The number of carbonyl (C=O) groups excluding carboxylic acids is 1. The molecule has 1 amide bonds. The van der Waals surface area contributed by atoms with Gasteiger partial charge in [-0.1, -0.05) is 18.2 Å². The number of fused-ring (bicyclic) bond motifs is 1. The second-order valence-electron chi connectivity index (χ2n) is 4.95. The third-order valence-electron chi connectivity index (χ3n) is 3.64.